The van der Waals surface area contributed by atoms with Gasteiger partial charge in [0, 0.05) is 34.8 Å². The second-order valence-electron chi connectivity index (χ2n) is 6.80. The van der Waals surface area contributed by atoms with Crippen LogP contribution in [0.25, 0.3) is 10.9 Å². The SMILES string of the molecule is Cc1c(COc2cccc(N3CCOCCC3=O)c2)[nH]c2ccccc2c1=O. The van der Waals surface area contributed by atoms with Crippen molar-refractivity contribution in [3.63, 3.8) is 0 Å². The fourth-order valence-electron chi connectivity index (χ4n) is 3.38. The zero-order chi connectivity index (χ0) is 19.5. The second-order valence-corrected chi connectivity index (χ2v) is 6.80. The van der Waals surface area contributed by atoms with Crippen LogP contribution in [0.15, 0.2) is 53.3 Å². The minimum Gasteiger partial charge on any atom is -0.487 e. The molecule has 0 saturated carbocycles. The number of anilines is 1. The first-order chi connectivity index (χ1) is 13.6. The van der Waals surface area contributed by atoms with Gasteiger partial charge in [0.25, 0.3) is 0 Å². The smallest absolute Gasteiger partial charge is 0.229 e. The average molecular weight is 378 g/mol. The molecule has 4 rings (SSSR count). The van der Waals surface area contributed by atoms with Crippen LogP contribution in [0.1, 0.15) is 17.7 Å². The highest BCUT2D eigenvalue weighted by molar-refractivity contribution is 5.93. The summed E-state index contributed by atoms with van der Waals surface area (Å²) < 4.78 is 11.3. The summed E-state index contributed by atoms with van der Waals surface area (Å²) in [6.07, 6.45) is 0.378. The first kappa shape index (κ1) is 18.3. The Morgan fingerprint density at radius 2 is 1.96 bits per heavy atom. The van der Waals surface area contributed by atoms with E-state index in [1.807, 2.05) is 48.5 Å². The summed E-state index contributed by atoms with van der Waals surface area (Å²) in [5.74, 6) is 0.688. The van der Waals surface area contributed by atoms with Crippen molar-refractivity contribution in [3.05, 3.63) is 70.0 Å². The van der Waals surface area contributed by atoms with Crippen LogP contribution in [0, 0.1) is 6.92 Å². The van der Waals surface area contributed by atoms with Crippen molar-refractivity contribution in [1.82, 2.24) is 4.98 Å². The van der Waals surface area contributed by atoms with Gasteiger partial charge in [-0.3, -0.25) is 9.59 Å². The zero-order valence-corrected chi connectivity index (χ0v) is 15.7. The van der Waals surface area contributed by atoms with Crippen molar-refractivity contribution in [3.8, 4) is 5.75 Å². The molecule has 1 amide bonds. The van der Waals surface area contributed by atoms with E-state index in [0.29, 0.717) is 42.9 Å². The molecule has 6 heteroatoms. The summed E-state index contributed by atoms with van der Waals surface area (Å²) in [7, 11) is 0. The summed E-state index contributed by atoms with van der Waals surface area (Å²) in [6, 6.07) is 14.9. The summed E-state index contributed by atoms with van der Waals surface area (Å²) in [5, 5.41) is 0.674. The Labute approximate surface area is 162 Å². The lowest BCUT2D eigenvalue weighted by Gasteiger charge is -2.20. The van der Waals surface area contributed by atoms with Gasteiger partial charge in [0.1, 0.15) is 12.4 Å². The fourth-order valence-corrected chi connectivity index (χ4v) is 3.38. The molecule has 1 aliphatic heterocycles. The molecule has 1 fully saturated rings. The van der Waals surface area contributed by atoms with Crippen LogP contribution in [-0.4, -0.2) is 30.6 Å². The lowest BCUT2D eigenvalue weighted by Crippen LogP contribution is -2.31. The van der Waals surface area contributed by atoms with Crippen molar-refractivity contribution >= 4 is 22.5 Å². The van der Waals surface area contributed by atoms with Crippen molar-refractivity contribution in [1.29, 1.82) is 0 Å². The maximum atomic E-state index is 12.6. The highest BCUT2D eigenvalue weighted by Gasteiger charge is 2.19. The highest BCUT2D eigenvalue weighted by Crippen LogP contribution is 2.24. The normalized spacial score (nSPS) is 14.9. The predicted molar refractivity (Wildman–Crippen MR) is 108 cm³/mol. The maximum absolute atomic E-state index is 12.6. The number of fused-ring (bicyclic) bond motifs is 1. The Kier molecular flexibility index (Phi) is 5.12. The van der Waals surface area contributed by atoms with E-state index in [4.69, 9.17) is 9.47 Å². The fraction of sp³-hybridized carbons (Fsp3) is 0.273. The number of hydrogen-bond acceptors (Lipinski definition) is 4. The van der Waals surface area contributed by atoms with Crippen LogP contribution < -0.4 is 15.1 Å². The van der Waals surface area contributed by atoms with Gasteiger partial charge in [-0.25, -0.2) is 0 Å². The van der Waals surface area contributed by atoms with Crippen LogP contribution in [0.4, 0.5) is 5.69 Å². The topological polar surface area (TPSA) is 71.6 Å². The predicted octanol–water partition coefficient (Wildman–Crippen LogP) is 3.17. The molecule has 0 atom stereocenters. The third kappa shape index (κ3) is 3.64. The number of rotatable bonds is 4. The molecule has 1 aromatic heterocycles. The maximum Gasteiger partial charge on any atom is 0.229 e. The van der Waals surface area contributed by atoms with E-state index in [9.17, 15) is 9.59 Å². The molecule has 1 N–H and O–H groups in total. The van der Waals surface area contributed by atoms with E-state index < -0.39 is 0 Å². The number of ether oxygens (including phenoxy) is 2. The van der Waals surface area contributed by atoms with Gasteiger partial charge in [0.15, 0.2) is 5.43 Å². The molecule has 0 bridgehead atoms. The Hall–Kier alpha value is -3.12. The molecular formula is C22H22N2O4. The van der Waals surface area contributed by atoms with E-state index in [1.54, 1.807) is 11.8 Å². The van der Waals surface area contributed by atoms with Crippen LogP contribution >= 0.6 is 0 Å². The number of pyridine rings is 1. The molecule has 0 aliphatic carbocycles. The van der Waals surface area contributed by atoms with Crippen LogP contribution in [-0.2, 0) is 16.1 Å². The second kappa shape index (κ2) is 7.86. The lowest BCUT2D eigenvalue weighted by atomic mass is 10.1. The van der Waals surface area contributed by atoms with Gasteiger partial charge in [0.05, 0.1) is 25.3 Å². The molecule has 144 valence electrons. The van der Waals surface area contributed by atoms with Crippen molar-refractivity contribution in [2.75, 3.05) is 24.7 Å². The van der Waals surface area contributed by atoms with Crippen LogP contribution in [0.3, 0.4) is 0 Å². The summed E-state index contributed by atoms with van der Waals surface area (Å²) in [4.78, 5) is 29.9. The van der Waals surface area contributed by atoms with E-state index in [1.165, 1.54) is 0 Å². The number of carbonyl (C=O) groups excluding carboxylic acids is 1. The standard InChI is InChI=1S/C22H22N2O4/c1-15-20(23-19-8-3-2-7-18(19)22(15)26)14-28-17-6-4-5-16(13-17)24-10-12-27-11-9-21(24)25/h2-8,13H,9-12,14H2,1H3,(H,23,26). The molecule has 0 unspecified atom stereocenters. The molecular weight excluding hydrogens is 356 g/mol. The van der Waals surface area contributed by atoms with Gasteiger partial charge in [-0.15, -0.1) is 0 Å². The third-order valence-corrected chi connectivity index (χ3v) is 4.98. The number of nitrogens with zero attached hydrogens (tertiary/aromatic N) is 1. The summed E-state index contributed by atoms with van der Waals surface area (Å²) >= 11 is 0. The molecule has 0 spiro atoms. The van der Waals surface area contributed by atoms with E-state index >= 15 is 0 Å². The van der Waals surface area contributed by atoms with Gasteiger partial charge in [0.2, 0.25) is 5.91 Å². The Bertz CT molecular complexity index is 1070. The van der Waals surface area contributed by atoms with E-state index in [2.05, 4.69) is 4.98 Å². The van der Waals surface area contributed by atoms with Crippen molar-refractivity contribution in [2.45, 2.75) is 20.0 Å². The molecule has 1 aliphatic rings. The molecule has 2 heterocycles. The number of carbonyl (C=O) groups is 1. The van der Waals surface area contributed by atoms with Crippen molar-refractivity contribution < 1.29 is 14.3 Å². The quantitative estimate of drug-likeness (QED) is 0.757. The van der Waals surface area contributed by atoms with Crippen LogP contribution in [0.2, 0.25) is 0 Å². The average Bonchev–Trinajstić information content (AvgIpc) is 2.94. The Balaban J connectivity index is 1.56. The molecule has 1 saturated heterocycles. The van der Waals surface area contributed by atoms with Crippen LogP contribution in [0.5, 0.6) is 5.75 Å². The molecule has 3 aromatic rings. The number of benzene rings is 2. The number of para-hydroxylation sites is 1. The molecule has 0 radical (unpaired) electrons. The number of hydrogen-bond donors (Lipinski definition) is 1. The molecule has 2 aromatic carbocycles. The number of aromatic nitrogens is 1. The van der Waals surface area contributed by atoms with Gasteiger partial charge in [-0.2, -0.15) is 0 Å². The van der Waals surface area contributed by atoms with Crippen molar-refractivity contribution in [2.24, 2.45) is 0 Å². The number of aromatic amines is 1. The first-order valence-corrected chi connectivity index (χ1v) is 9.35. The Morgan fingerprint density at radius 1 is 1.11 bits per heavy atom. The minimum atomic E-state index is 0.0110. The molecule has 28 heavy (non-hydrogen) atoms. The Morgan fingerprint density at radius 3 is 2.86 bits per heavy atom. The third-order valence-electron chi connectivity index (χ3n) is 4.98. The minimum absolute atomic E-state index is 0.0110. The van der Waals surface area contributed by atoms with E-state index in [0.717, 1.165) is 16.9 Å². The number of H-pyrrole nitrogens is 1. The molecule has 6 nitrogen and oxygen atoms in total. The first-order valence-electron chi connectivity index (χ1n) is 9.35. The summed E-state index contributed by atoms with van der Waals surface area (Å²) in [6.45, 7) is 3.55. The van der Waals surface area contributed by atoms with Gasteiger partial charge in [-0.05, 0) is 31.2 Å². The monoisotopic (exact) mass is 378 g/mol. The summed E-state index contributed by atoms with van der Waals surface area (Å²) in [5.41, 5.74) is 2.98. The number of nitrogens with one attached hydrogen (secondary N) is 1. The van der Waals surface area contributed by atoms with Gasteiger partial charge < -0.3 is 19.4 Å². The lowest BCUT2D eigenvalue weighted by molar-refractivity contribution is -0.118. The number of amides is 1. The van der Waals surface area contributed by atoms with Gasteiger partial charge >= 0.3 is 0 Å². The highest BCUT2D eigenvalue weighted by atomic mass is 16.5. The largest absolute Gasteiger partial charge is 0.487 e. The van der Waals surface area contributed by atoms with Gasteiger partial charge in [-0.1, -0.05) is 18.2 Å². The van der Waals surface area contributed by atoms with E-state index in [-0.39, 0.29) is 17.9 Å². The zero-order valence-electron chi connectivity index (χ0n) is 15.7.